The zero-order valence-electron chi connectivity index (χ0n) is 7.84. The van der Waals surface area contributed by atoms with E-state index >= 15 is 0 Å². The summed E-state index contributed by atoms with van der Waals surface area (Å²) in [5.41, 5.74) is 0. The van der Waals surface area contributed by atoms with Crippen molar-refractivity contribution in [2.45, 2.75) is 0 Å². The fourth-order valence-electron chi connectivity index (χ4n) is 0.734. The van der Waals surface area contributed by atoms with Crippen LogP contribution >= 0.6 is 0 Å². The molecule has 0 heterocycles. The molecule has 0 saturated heterocycles. The van der Waals surface area contributed by atoms with E-state index in [1.165, 1.54) is 0 Å². The second-order valence-electron chi connectivity index (χ2n) is 2.77. The number of hydrazine groups is 1. The first-order valence-corrected chi connectivity index (χ1v) is 5.46. The smallest absolute Gasteiger partial charge is 0.270 e. The molecule has 0 aliphatic carbocycles. The molecule has 0 amide bonds. The summed E-state index contributed by atoms with van der Waals surface area (Å²) in [6, 6.07) is 0. The van der Waals surface area contributed by atoms with Gasteiger partial charge in [0.1, 0.15) is 12.8 Å². The molecule has 0 aliphatic rings. The van der Waals surface area contributed by atoms with Crippen molar-refractivity contribution in [2.24, 2.45) is 0 Å². The number of nitrogens with zero attached hydrogens (tertiary/aromatic N) is 2. The molecule has 0 rings (SSSR count). The van der Waals surface area contributed by atoms with E-state index in [0.717, 1.165) is 0 Å². The van der Waals surface area contributed by atoms with Crippen molar-refractivity contribution in [3.63, 3.8) is 0 Å². The largest absolute Gasteiger partial charge is 0.395 e. The van der Waals surface area contributed by atoms with Gasteiger partial charge in [-0.2, -0.15) is 8.42 Å². The highest BCUT2D eigenvalue weighted by atomic mass is 32.2. The van der Waals surface area contributed by atoms with Crippen LogP contribution in [0.3, 0.4) is 0 Å². The van der Waals surface area contributed by atoms with Crippen LogP contribution in [0, 0.1) is 0 Å². The summed E-state index contributed by atoms with van der Waals surface area (Å²) in [6.07, 6.45) is 0. The summed E-state index contributed by atoms with van der Waals surface area (Å²) in [4.78, 5) is 0. The maximum atomic E-state index is 10.4. The monoisotopic (exact) mass is 212 g/mol. The molecule has 0 unspecified atom stereocenters. The van der Waals surface area contributed by atoms with E-state index in [1.807, 2.05) is 0 Å². The van der Waals surface area contributed by atoms with Crippen LogP contribution in [0.2, 0.25) is 0 Å². The van der Waals surface area contributed by atoms with Crippen molar-refractivity contribution >= 4 is 10.1 Å². The van der Waals surface area contributed by atoms with Gasteiger partial charge in [0.05, 0.1) is 13.2 Å². The Bertz CT molecular complexity index is 229. The normalized spacial score (nSPS) is 12.8. The Balaban J connectivity index is 3.80. The Morgan fingerprint density at radius 2 is 2.00 bits per heavy atom. The van der Waals surface area contributed by atoms with Crippen LogP contribution in [-0.4, -0.2) is 62.6 Å². The summed E-state index contributed by atoms with van der Waals surface area (Å²) in [6.45, 7) is 0.643. The first-order chi connectivity index (χ1) is 5.87. The Morgan fingerprint density at radius 3 is 2.38 bits per heavy atom. The minimum absolute atomic E-state index is 0.00666. The van der Waals surface area contributed by atoms with Crippen molar-refractivity contribution in [1.82, 2.24) is 10.0 Å². The van der Waals surface area contributed by atoms with E-state index in [0.29, 0.717) is 6.54 Å². The van der Waals surface area contributed by atoms with Crippen LogP contribution < -0.4 is 5.01 Å². The lowest BCUT2D eigenvalue weighted by molar-refractivity contribution is 0.101. The molecule has 79 valence electrons. The number of hydrogen-bond donors (Lipinski definition) is 2. The number of likely N-dealkylation sites (N-methyl/N-ethyl adjacent to an activating group) is 1. The minimum atomic E-state index is -3.90. The third kappa shape index (κ3) is 6.91. The minimum Gasteiger partial charge on any atom is -0.395 e. The molecule has 0 aromatic rings. The number of hydrogen-bond acceptors (Lipinski definition) is 5. The van der Waals surface area contributed by atoms with E-state index in [9.17, 15) is 8.42 Å². The Morgan fingerprint density at radius 1 is 1.46 bits per heavy atom. The molecule has 1 radical (unpaired) electrons. The van der Waals surface area contributed by atoms with Gasteiger partial charge in [-0.05, 0) is 0 Å². The van der Waals surface area contributed by atoms with Crippen LogP contribution in [0.25, 0.3) is 0 Å². The summed E-state index contributed by atoms with van der Waals surface area (Å²) in [7, 11) is -0.495. The van der Waals surface area contributed by atoms with E-state index < -0.39 is 10.1 Å². The third-order valence-corrected chi connectivity index (χ3v) is 2.38. The highest BCUT2D eigenvalue weighted by Crippen LogP contribution is 1.88. The second kappa shape index (κ2) is 5.51. The van der Waals surface area contributed by atoms with Gasteiger partial charge in [-0.25, -0.2) is 0 Å². The van der Waals surface area contributed by atoms with Gasteiger partial charge in [0.15, 0.2) is 6.54 Å². The average molecular weight is 212 g/mol. The number of aliphatic hydroxyl groups excluding tert-OH is 1. The molecule has 7 heteroatoms. The van der Waals surface area contributed by atoms with E-state index in [-0.39, 0.29) is 18.9 Å². The van der Waals surface area contributed by atoms with Crippen molar-refractivity contribution < 1.29 is 18.1 Å². The Hall–Kier alpha value is -0.210. The Labute approximate surface area is 78.5 Å². The maximum Gasteiger partial charge on any atom is 0.270 e. The van der Waals surface area contributed by atoms with Crippen LogP contribution in [-0.2, 0) is 10.1 Å². The fraction of sp³-hybridized carbons (Fsp3) is 1.00. The lowest BCUT2D eigenvalue weighted by Crippen LogP contribution is -2.45. The predicted molar refractivity (Wildman–Crippen MR) is 49.1 cm³/mol. The van der Waals surface area contributed by atoms with Crippen molar-refractivity contribution in [3.8, 4) is 0 Å². The molecule has 0 spiro atoms. The van der Waals surface area contributed by atoms with Gasteiger partial charge < -0.3 is 5.11 Å². The highest BCUT2D eigenvalue weighted by Gasteiger charge is 2.18. The molecule has 0 aliphatic heterocycles. The van der Waals surface area contributed by atoms with E-state index in [2.05, 4.69) is 0 Å². The molecule has 13 heavy (non-hydrogen) atoms. The fourth-order valence-corrected chi connectivity index (χ4v) is 1.23. The molecule has 0 bridgehead atoms. The summed E-state index contributed by atoms with van der Waals surface area (Å²) >= 11 is 0. The highest BCUT2D eigenvalue weighted by molar-refractivity contribution is 7.85. The molecular formula is C6H16N2O4S+. The van der Waals surface area contributed by atoms with Crippen molar-refractivity contribution in [3.05, 3.63) is 0 Å². The Kier molecular flexibility index (Phi) is 5.42. The second-order valence-corrected chi connectivity index (χ2v) is 4.34. The van der Waals surface area contributed by atoms with E-state index in [1.54, 1.807) is 24.1 Å². The molecule has 0 atom stereocenters. The van der Waals surface area contributed by atoms with Gasteiger partial charge in [0.25, 0.3) is 10.1 Å². The summed E-state index contributed by atoms with van der Waals surface area (Å²) in [5, 5.41) is 11.9. The quantitative estimate of drug-likeness (QED) is 0.317. The van der Waals surface area contributed by atoms with Crippen LogP contribution in [0.1, 0.15) is 0 Å². The molecule has 0 aromatic heterocycles. The van der Waals surface area contributed by atoms with Gasteiger partial charge in [0, 0.05) is 7.05 Å². The van der Waals surface area contributed by atoms with Gasteiger partial charge in [0.2, 0.25) is 0 Å². The lowest BCUT2D eigenvalue weighted by Gasteiger charge is -2.15. The van der Waals surface area contributed by atoms with Crippen LogP contribution in [0.15, 0.2) is 0 Å². The average Bonchev–Trinajstić information content (AvgIpc) is 1.99. The maximum absolute atomic E-state index is 10.4. The van der Waals surface area contributed by atoms with Crippen molar-refractivity contribution in [2.75, 3.05) is 39.5 Å². The molecule has 6 nitrogen and oxygen atoms in total. The van der Waals surface area contributed by atoms with Gasteiger partial charge in [-0.15, -0.1) is 5.01 Å². The molecule has 0 fully saturated rings. The number of aliphatic hydroxyl groups is 1. The summed E-state index contributed by atoms with van der Waals surface area (Å²) in [5.74, 6) is -0.306. The molecule has 2 N–H and O–H groups in total. The van der Waals surface area contributed by atoms with Crippen molar-refractivity contribution in [1.29, 1.82) is 0 Å². The SMILES string of the molecule is CN(CCO)[N+](C)CCS(=O)(=O)O. The summed E-state index contributed by atoms with van der Waals surface area (Å²) < 4.78 is 29.2. The first kappa shape index (κ1) is 12.8. The standard InChI is InChI=1S/C6H16N2O4S/c1-7(3-5-9)8(2)4-6-13(10,11)12/h9H,3-6H2,1-2H3,(H,10,11,12)/q+1. The zero-order valence-corrected chi connectivity index (χ0v) is 8.66. The van der Waals surface area contributed by atoms with Gasteiger partial charge in [-0.1, -0.05) is 5.01 Å². The molecule has 0 aromatic carbocycles. The topological polar surface area (TPSA) is 83.7 Å². The molecular weight excluding hydrogens is 196 g/mol. The predicted octanol–water partition coefficient (Wildman–Crippen LogP) is -1.52. The van der Waals surface area contributed by atoms with E-state index in [4.69, 9.17) is 9.66 Å². The van der Waals surface area contributed by atoms with Gasteiger partial charge in [-0.3, -0.25) is 4.55 Å². The molecule has 0 saturated carbocycles. The van der Waals surface area contributed by atoms with Crippen LogP contribution in [0.4, 0.5) is 0 Å². The lowest BCUT2D eigenvalue weighted by atomic mass is 10.6. The third-order valence-electron chi connectivity index (χ3n) is 1.68. The van der Waals surface area contributed by atoms with Gasteiger partial charge >= 0.3 is 0 Å². The number of rotatable bonds is 6. The zero-order chi connectivity index (χ0) is 10.5. The van der Waals surface area contributed by atoms with Crippen LogP contribution in [0.5, 0.6) is 0 Å². The first-order valence-electron chi connectivity index (χ1n) is 3.85.